The van der Waals surface area contributed by atoms with E-state index in [4.69, 9.17) is 5.73 Å². The van der Waals surface area contributed by atoms with Crippen molar-refractivity contribution in [3.05, 3.63) is 0 Å². The summed E-state index contributed by atoms with van der Waals surface area (Å²) in [5.74, 6) is 0.627. The van der Waals surface area contributed by atoms with Crippen LogP contribution >= 0.6 is 0 Å². The lowest BCUT2D eigenvalue weighted by Gasteiger charge is -2.29. The number of rotatable bonds is 2. The van der Waals surface area contributed by atoms with Gasteiger partial charge in [-0.25, -0.2) is 0 Å². The van der Waals surface area contributed by atoms with Crippen LogP contribution in [0.25, 0.3) is 0 Å². The molecule has 0 aromatic carbocycles. The van der Waals surface area contributed by atoms with Crippen LogP contribution in [0.15, 0.2) is 0 Å². The molecule has 1 heterocycles. The van der Waals surface area contributed by atoms with Crippen LogP contribution < -0.4 is 5.73 Å². The monoisotopic (exact) mass is 224 g/mol. The number of nitrogens with two attached hydrogens (primary N) is 1. The quantitative estimate of drug-likeness (QED) is 0.777. The minimum absolute atomic E-state index is 0.239. The molecule has 2 aliphatic rings. The van der Waals surface area contributed by atoms with Crippen LogP contribution in [0.2, 0.25) is 0 Å². The van der Waals surface area contributed by atoms with Gasteiger partial charge in [0.1, 0.15) is 0 Å². The second kappa shape index (κ2) is 4.36. The molecule has 1 saturated carbocycles. The van der Waals surface area contributed by atoms with Crippen LogP contribution in [0.4, 0.5) is 0 Å². The van der Waals surface area contributed by atoms with Crippen LogP contribution in [0.5, 0.6) is 0 Å². The summed E-state index contributed by atoms with van der Waals surface area (Å²) in [7, 11) is 0. The van der Waals surface area contributed by atoms with Crippen molar-refractivity contribution in [2.24, 2.45) is 17.1 Å². The zero-order valence-corrected chi connectivity index (χ0v) is 10.5. The largest absolute Gasteiger partial charge is 0.338 e. The minimum atomic E-state index is 0.239. The Morgan fingerprint density at radius 3 is 2.62 bits per heavy atom. The van der Waals surface area contributed by atoms with E-state index in [9.17, 15) is 4.79 Å². The lowest BCUT2D eigenvalue weighted by atomic mass is 10.1. The second-order valence-electron chi connectivity index (χ2n) is 6.02. The van der Waals surface area contributed by atoms with Crippen LogP contribution in [-0.2, 0) is 4.79 Å². The van der Waals surface area contributed by atoms with Crippen molar-refractivity contribution in [3.8, 4) is 0 Å². The summed E-state index contributed by atoms with van der Waals surface area (Å²) < 4.78 is 0. The van der Waals surface area contributed by atoms with Crippen LogP contribution in [0.3, 0.4) is 0 Å². The molecule has 0 spiro atoms. The van der Waals surface area contributed by atoms with E-state index >= 15 is 0 Å². The van der Waals surface area contributed by atoms with Crippen molar-refractivity contribution >= 4 is 5.91 Å². The smallest absolute Gasteiger partial charge is 0.226 e. The first-order valence-electron chi connectivity index (χ1n) is 6.57. The molecule has 1 aliphatic carbocycles. The Labute approximate surface area is 98.4 Å². The van der Waals surface area contributed by atoms with Crippen molar-refractivity contribution in [1.29, 1.82) is 0 Å². The van der Waals surface area contributed by atoms with Crippen molar-refractivity contribution in [3.63, 3.8) is 0 Å². The Morgan fingerprint density at radius 2 is 2.06 bits per heavy atom. The fourth-order valence-corrected chi connectivity index (χ4v) is 2.80. The van der Waals surface area contributed by atoms with Gasteiger partial charge in [0.15, 0.2) is 0 Å². The summed E-state index contributed by atoms with van der Waals surface area (Å²) in [6.07, 6.45) is 5.76. The molecule has 2 fully saturated rings. The predicted octanol–water partition coefficient (Wildman–Crippen LogP) is 1.76. The summed E-state index contributed by atoms with van der Waals surface area (Å²) in [6.45, 7) is 5.92. The number of carbonyl (C=O) groups is 1. The van der Waals surface area contributed by atoms with Gasteiger partial charge in [0.05, 0.1) is 0 Å². The highest BCUT2D eigenvalue weighted by Gasteiger charge is 2.52. The summed E-state index contributed by atoms with van der Waals surface area (Å²) in [5, 5.41) is 0. The molecule has 1 aliphatic heterocycles. The first-order chi connectivity index (χ1) is 7.56. The molecule has 3 nitrogen and oxygen atoms in total. The Balaban J connectivity index is 2.02. The topological polar surface area (TPSA) is 46.3 Å². The van der Waals surface area contributed by atoms with E-state index in [-0.39, 0.29) is 11.3 Å². The zero-order valence-electron chi connectivity index (χ0n) is 10.5. The third-order valence-electron chi connectivity index (χ3n) is 4.24. The molecule has 1 amide bonds. The molecule has 0 bridgehead atoms. The molecular formula is C13H24N2O. The Hall–Kier alpha value is -0.570. The van der Waals surface area contributed by atoms with Gasteiger partial charge in [-0.2, -0.15) is 0 Å². The molecule has 3 heteroatoms. The number of likely N-dealkylation sites (tertiary alicyclic amines) is 1. The van der Waals surface area contributed by atoms with Gasteiger partial charge in [0.25, 0.3) is 0 Å². The van der Waals surface area contributed by atoms with Crippen LogP contribution in [-0.4, -0.2) is 29.9 Å². The SMILES string of the molecule is CC1(C)CC1C(=O)N1CCCCCC1CN. The molecule has 2 unspecified atom stereocenters. The summed E-state index contributed by atoms with van der Waals surface area (Å²) in [4.78, 5) is 14.4. The van der Waals surface area contributed by atoms with Gasteiger partial charge in [-0.15, -0.1) is 0 Å². The Kier molecular flexibility index (Phi) is 3.24. The van der Waals surface area contributed by atoms with E-state index in [0.717, 1.165) is 25.8 Å². The molecule has 0 aromatic rings. The summed E-state index contributed by atoms with van der Waals surface area (Å²) in [6, 6.07) is 0.298. The van der Waals surface area contributed by atoms with Gasteiger partial charge >= 0.3 is 0 Å². The third kappa shape index (κ3) is 2.24. The average Bonchev–Trinajstić information content (AvgIpc) is 2.94. The van der Waals surface area contributed by atoms with E-state index in [0.29, 0.717) is 18.5 Å². The van der Waals surface area contributed by atoms with E-state index in [1.54, 1.807) is 0 Å². The Morgan fingerprint density at radius 1 is 1.38 bits per heavy atom. The van der Waals surface area contributed by atoms with Gasteiger partial charge in [-0.05, 0) is 24.7 Å². The Bertz CT molecular complexity index is 275. The third-order valence-corrected chi connectivity index (χ3v) is 4.24. The van der Waals surface area contributed by atoms with Crippen molar-refractivity contribution in [2.45, 2.75) is 52.0 Å². The van der Waals surface area contributed by atoms with Gasteiger partial charge in [0, 0.05) is 25.0 Å². The molecule has 0 aromatic heterocycles. The highest BCUT2D eigenvalue weighted by Crippen LogP contribution is 2.52. The minimum Gasteiger partial charge on any atom is -0.338 e. The lowest BCUT2D eigenvalue weighted by molar-refractivity contribution is -0.135. The molecule has 1 saturated heterocycles. The normalized spacial score (nSPS) is 33.3. The molecule has 2 N–H and O–H groups in total. The van der Waals surface area contributed by atoms with Gasteiger partial charge in [-0.3, -0.25) is 4.79 Å². The first kappa shape index (κ1) is 11.9. The van der Waals surface area contributed by atoms with Gasteiger partial charge in [-0.1, -0.05) is 26.7 Å². The number of amides is 1. The molecule has 2 rings (SSSR count). The van der Waals surface area contributed by atoms with E-state index in [1.807, 2.05) is 0 Å². The average molecular weight is 224 g/mol. The van der Waals surface area contributed by atoms with Crippen molar-refractivity contribution in [2.75, 3.05) is 13.1 Å². The standard InChI is InChI=1S/C13H24N2O/c1-13(2)8-11(13)12(16)15-7-5-3-4-6-10(15)9-14/h10-11H,3-9,14H2,1-2H3. The maximum absolute atomic E-state index is 12.4. The number of hydrogen-bond acceptors (Lipinski definition) is 2. The molecular weight excluding hydrogens is 200 g/mol. The first-order valence-corrected chi connectivity index (χ1v) is 6.57. The number of carbonyl (C=O) groups excluding carboxylic acids is 1. The predicted molar refractivity (Wildman–Crippen MR) is 64.9 cm³/mol. The van der Waals surface area contributed by atoms with Crippen molar-refractivity contribution < 1.29 is 4.79 Å². The number of hydrogen-bond donors (Lipinski definition) is 1. The molecule has 0 radical (unpaired) electrons. The summed E-state index contributed by atoms with van der Waals surface area (Å²) >= 11 is 0. The molecule has 92 valence electrons. The van der Waals surface area contributed by atoms with Gasteiger partial charge < -0.3 is 10.6 Å². The van der Waals surface area contributed by atoms with Crippen LogP contribution in [0, 0.1) is 11.3 Å². The van der Waals surface area contributed by atoms with Crippen molar-refractivity contribution in [1.82, 2.24) is 4.90 Å². The highest BCUT2D eigenvalue weighted by atomic mass is 16.2. The maximum atomic E-state index is 12.4. The molecule has 2 atom stereocenters. The lowest BCUT2D eigenvalue weighted by Crippen LogP contribution is -2.45. The van der Waals surface area contributed by atoms with E-state index in [1.165, 1.54) is 12.8 Å². The van der Waals surface area contributed by atoms with E-state index in [2.05, 4.69) is 18.7 Å². The van der Waals surface area contributed by atoms with Gasteiger partial charge in [0.2, 0.25) is 5.91 Å². The second-order valence-corrected chi connectivity index (χ2v) is 6.02. The van der Waals surface area contributed by atoms with Crippen LogP contribution in [0.1, 0.15) is 46.0 Å². The fourth-order valence-electron chi connectivity index (χ4n) is 2.80. The van der Waals surface area contributed by atoms with E-state index < -0.39 is 0 Å². The molecule has 16 heavy (non-hydrogen) atoms. The fraction of sp³-hybridized carbons (Fsp3) is 0.923. The number of nitrogens with zero attached hydrogens (tertiary/aromatic N) is 1. The summed E-state index contributed by atoms with van der Waals surface area (Å²) in [5.41, 5.74) is 6.03. The maximum Gasteiger partial charge on any atom is 0.226 e. The zero-order chi connectivity index (χ0) is 11.8. The highest BCUT2D eigenvalue weighted by molar-refractivity contribution is 5.82.